The number of carbonyl (C=O) groups is 1. The monoisotopic (exact) mass is 206 g/mol. The predicted octanol–water partition coefficient (Wildman–Crippen LogP) is 3.31. The van der Waals surface area contributed by atoms with Crippen molar-refractivity contribution in [1.82, 2.24) is 0 Å². The molecule has 2 heteroatoms. The molecule has 0 aliphatic heterocycles. The van der Waals surface area contributed by atoms with E-state index in [2.05, 4.69) is 6.92 Å². The van der Waals surface area contributed by atoms with E-state index in [1.807, 2.05) is 0 Å². The van der Waals surface area contributed by atoms with Crippen LogP contribution in [0.5, 0.6) is 0 Å². The van der Waals surface area contributed by atoms with Crippen molar-refractivity contribution in [3.8, 4) is 0 Å². The molecule has 0 saturated heterocycles. The summed E-state index contributed by atoms with van der Waals surface area (Å²) in [6, 6.07) is 0. The molecule has 0 N–H and O–H groups in total. The van der Waals surface area contributed by atoms with Crippen LogP contribution in [-0.4, -0.2) is 6.29 Å². The lowest BCUT2D eigenvalue weighted by Gasteiger charge is -2.11. The van der Waals surface area contributed by atoms with E-state index < -0.39 is 0 Å². The molecular formula is C13H18O2. The molecule has 0 unspecified atom stereocenters. The molecule has 1 aromatic rings. The van der Waals surface area contributed by atoms with Crippen LogP contribution < -0.4 is 0 Å². The fourth-order valence-corrected chi connectivity index (χ4v) is 2.38. The average molecular weight is 206 g/mol. The van der Waals surface area contributed by atoms with Gasteiger partial charge in [-0.3, -0.25) is 4.79 Å². The molecule has 1 aromatic heterocycles. The highest BCUT2D eigenvalue weighted by Gasteiger charge is 2.21. The van der Waals surface area contributed by atoms with Crippen molar-refractivity contribution in [2.24, 2.45) is 0 Å². The van der Waals surface area contributed by atoms with E-state index in [4.69, 9.17) is 4.42 Å². The van der Waals surface area contributed by atoms with Gasteiger partial charge in [0.05, 0.1) is 0 Å². The minimum Gasteiger partial charge on any atom is -0.458 e. The maximum absolute atomic E-state index is 10.9. The number of rotatable bonds is 4. The molecule has 0 atom stereocenters. The molecule has 2 nitrogen and oxygen atoms in total. The number of unbranched alkanes of at least 4 members (excludes halogenated alkanes) is 1. The standard InChI is InChI=1S/C13H18O2/c1-2-3-8-12-10-6-4-5-7-11(10)13(9-14)15-12/h9H,2-8H2,1H3. The molecule has 0 amide bonds. The number of hydrogen-bond acceptors (Lipinski definition) is 2. The summed E-state index contributed by atoms with van der Waals surface area (Å²) in [7, 11) is 0. The van der Waals surface area contributed by atoms with Crippen molar-refractivity contribution < 1.29 is 9.21 Å². The molecule has 0 spiro atoms. The van der Waals surface area contributed by atoms with Gasteiger partial charge in [-0.2, -0.15) is 0 Å². The van der Waals surface area contributed by atoms with Crippen LogP contribution in [0, 0.1) is 0 Å². The Labute approximate surface area is 90.7 Å². The number of fused-ring (bicyclic) bond motifs is 1. The smallest absolute Gasteiger partial charge is 0.185 e. The van der Waals surface area contributed by atoms with Gasteiger partial charge in [0.1, 0.15) is 5.76 Å². The van der Waals surface area contributed by atoms with Gasteiger partial charge in [0.2, 0.25) is 0 Å². The third-order valence-corrected chi connectivity index (χ3v) is 3.20. The summed E-state index contributed by atoms with van der Waals surface area (Å²) in [6.07, 6.45) is 8.76. The Morgan fingerprint density at radius 1 is 1.27 bits per heavy atom. The summed E-state index contributed by atoms with van der Waals surface area (Å²) in [5.41, 5.74) is 2.54. The molecule has 0 aromatic carbocycles. The van der Waals surface area contributed by atoms with Gasteiger partial charge in [0, 0.05) is 12.0 Å². The van der Waals surface area contributed by atoms with Crippen molar-refractivity contribution in [3.05, 3.63) is 22.6 Å². The second kappa shape index (κ2) is 4.65. The van der Waals surface area contributed by atoms with E-state index in [1.165, 1.54) is 30.4 Å². The third kappa shape index (κ3) is 1.99. The van der Waals surface area contributed by atoms with Gasteiger partial charge in [-0.15, -0.1) is 0 Å². The van der Waals surface area contributed by atoms with Crippen LogP contribution in [0.25, 0.3) is 0 Å². The minimum absolute atomic E-state index is 0.593. The lowest BCUT2D eigenvalue weighted by molar-refractivity contribution is 0.109. The first-order chi connectivity index (χ1) is 7.36. The first-order valence-corrected chi connectivity index (χ1v) is 5.95. The molecule has 82 valence electrons. The molecule has 1 aliphatic carbocycles. The zero-order chi connectivity index (χ0) is 10.7. The van der Waals surface area contributed by atoms with Gasteiger partial charge in [0.15, 0.2) is 12.0 Å². The van der Waals surface area contributed by atoms with Crippen molar-refractivity contribution in [1.29, 1.82) is 0 Å². The van der Waals surface area contributed by atoms with Crippen LogP contribution in [-0.2, 0) is 19.3 Å². The van der Waals surface area contributed by atoms with E-state index in [0.29, 0.717) is 5.76 Å². The molecule has 2 rings (SSSR count). The summed E-state index contributed by atoms with van der Waals surface area (Å²) < 4.78 is 5.65. The molecule has 0 fully saturated rings. The van der Waals surface area contributed by atoms with E-state index in [-0.39, 0.29) is 0 Å². The van der Waals surface area contributed by atoms with Gasteiger partial charge in [0.25, 0.3) is 0 Å². The van der Waals surface area contributed by atoms with Crippen LogP contribution in [0.3, 0.4) is 0 Å². The van der Waals surface area contributed by atoms with Gasteiger partial charge in [-0.05, 0) is 37.7 Å². The third-order valence-electron chi connectivity index (χ3n) is 3.20. The van der Waals surface area contributed by atoms with Gasteiger partial charge in [-0.1, -0.05) is 13.3 Å². The first-order valence-electron chi connectivity index (χ1n) is 5.95. The van der Waals surface area contributed by atoms with Crippen molar-refractivity contribution in [3.63, 3.8) is 0 Å². The molecular weight excluding hydrogens is 188 g/mol. The number of aryl methyl sites for hydroxylation is 1. The fourth-order valence-electron chi connectivity index (χ4n) is 2.38. The Hall–Kier alpha value is -1.05. The molecule has 0 saturated carbocycles. The Morgan fingerprint density at radius 3 is 2.67 bits per heavy atom. The van der Waals surface area contributed by atoms with Crippen LogP contribution in [0.15, 0.2) is 4.42 Å². The minimum atomic E-state index is 0.593. The maximum Gasteiger partial charge on any atom is 0.185 e. The number of furan rings is 1. The topological polar surface area (TPSA) is 30.2 Å². The highest BCUT2D eigenvalue weighted by Crippen LogP contribution is 2.30. The summed E-state index contributed by atoms with van der Waals surface area (Å²) in [5, 5.41) is 0. The van der Waals surface area contributed by atoms with Crippen molar-refractivity contribution in [2.75, 3.05) is 0 Å². The zero-order valence-corrected chi connectivity index (χ0v) is 9.34. The second-order valence-electron chi connectivity index (χ2n) is 4.28. The quantitative estimate of drug-likeness (QED) is 0.707. The Morgan fingerprint density at radius 2 is 2.00 bits per heavy atom. The SMILES string of the molecule is CCCCc1oc(C=O)c2c1CCCC2. The summed E-state index contributed by atoms with van der Waals surface area (Å²) in [6.45, 7) is 2.18. The van der Waals surface area contributed by atoms with E-state index in [9.17, 15) is 4.79 Å². The lowest BCUT2D eigenvalue weighted by Crippen LogP contribution is -2.03. The Balaban J connectivity index is 2.29. The predicted molar refractivity (Wildman–Crippen MR) is 59.3 cm³/mol. The van der Waals surface area contributed by atoms with Gasteiger partial charge >= 0.3 is 0 Å². The van der Waals surface area contributed by atoms with Crippen LogP contribution >= 0.6 is 0 Å². The number of aldehydes is 1. The van der Waals surface area contributed by atoms with E-state index >= 15 is 0 Å². The largest absolute Gasteiger partial charge is 0.458 e. The second-order valence-corrected chi connectivity index (χ2v) is 4.28. The lowest BCUT2D eigenvalue weighted by atomic mass is 9.91. The Bertz CT molecular complexity index is 350. The number of carbonyl (C=O) groups excluding carboxylic acids is 1. The summed E-state index contributed by atoms with van der Waals surface area (Å²) >= 11 is 0. The average Bonchev–Trinajstić information content (AvgIpc) is 2.65. The normalized spacial score (nSPS) is 15.0. The van der Waals surface area contributed by atoms with Crippen molar-refractivity contribution >= 4 is 6.29 Å². The van der Waals surface area contributed by atoms with Crippen LogP contribution in [0.1, 0.15) is 60.0 Å². The summed E-state index contributed by atoms with van der Waals surface area (Å²) in [4.78, 5) is 10.9. The fraction of sp³-hybridized carbons (Fsp3) is 0.615. The molecule has 1 aliphatic rings. The van der Waals surface area contributed by atoms with Crippen LogP contribution in [0.4, 0.5) is 0 Å². The highest BCUT2D eigenvalue weighted by atomic mass is 16.3. The van der Waals surface area contributed by atoms with Gasteiger partial charge in [-0.25, -0.2) is 0 Å². The van der Waals surface area contributed by atoms with E-state index in [0.717, 1.165) is 37.7 Å². The van der Waals surface area contributed by atoms with Crippen molar-refractivity contribution in [2.45, 2.75) is 51.9 Å². The van der Waals surface area contributed by atoms with Gasteiger partial charge < -0.3 is 4.42 Å². The molecule has 1 heterocycles. The summed E-state index contributed by atoms with van der Waals surface area (Å²) in [5.74, 6) is 1.67. The van der Waals surface area contributed by atoms with E-state index in [1.54, 1.807) is 0 Å². The molecule has 0 radical (unpaired) electrons. The number of hydrogen-bond donors (Lipinski definition) is 0. The molecule has 0 bridgehead atoms. The van der Waals surface area contributed by atoms with Crippen LogP contribution in [0.2, 0.25) is 0 Å². The molecule has 15 heavy (non-hydrogen) atoms. The Kier molecular flexibility index (Phi) is 3.24. The maximum atomic E-state index is 10.9. The first kappa shape index (κ1) is 10.5. The zero-order valence-electron chi connectivity index (χ0n) is 9.34. The highest BCUT2D eigenvalue weighted by molar-refractivity contribution is 5.74.